The Kier molecular flexibility index (Phi) is 6.91. The second kappa shape index (κ2) is 10.7. The van der Waals surface area contributed by atoms with Crippen LogP contribution in [0.4, 0.5) is 0 Å². The molecule has 2 heterocycles. The third kappa shape index (κ3) is 5.02. The lowest BCUT2D eigenvalue weighted by Gasteiger charge is -2.13. The first-order valence-electron chi connectivity index (χ1n) is 14.1. The second-order valence-electron chi connectivity index (χ2n) is 11.2. The van der Waals surface area contributed by atoms with Gasteiger partial charge in [0.25, 0.3) is 0 Å². The largest absolute Gasteiger partial charge is 0.478 e. The predicted octanol–water partition coefficient (Wildman–Crippen LogP) is 7.90. The number of nitrogens with zero attached hydrogens (tertiary/aromatic N) is 4. The van der Waals surface area contributed by atoms with Crippen LogP contribution in [0.1, 0.15) is 47.6 Å². The van der Waals surface area contributed by atoms with E-state index in [2.05, 4.69) is 73.4 Å². The molecule has 6 rings (SSSR count). The minimum Gasteiger partial charge on any atom is -0.478 e. The number of hydrogen-bond acceptors (Lipinski definition) is 3. The number of para-hydroxylation sites is 2. The van der Waals surface area contributed by atoms with Crippen LogP contribution in [0, 0.1) is 12.8 Å². The summed E-state index contributed by atoms with van der Waals surface area (Å²) in [5.74, 6) is 1.68. The van der Waals surface area contributed by atoms with E-state index < -0.39 is 5.97 Å². The van der Waals surface area contributed by atoms with Gasteiger partial charge in [-0.25, -0.2) is 14.8 Å². The van der Waals surface area contributed by atoms with Crippen molar-refractivity contribution in [1.82, 2.24) is 19.1 Å². The van der Waals surface area contributed by atoms with E-state index >= 15 is 0 Å². The number of fused-ring (bicyclic) bond motifs is 2. The molecule has 0 radical (unpaired) electrons. The fraction of sp³-hybridized carbons (Fsp3) is 0.229. The summed E-state index contributed by atoms with van der Waals surface area (Å²) in [7, 11) is 2.07. The van der Waals surface area contributed by atoms with Gasteiger partial charge in [-0.15, -0.1) is 0 Å². The van der Waals surface area contributed by atoms with Gasteiger partial charge in [-0.1, -0.05) is 68.4 Å². The van der Waals surface area contributed by atoms with Crippen molar-refractivity contribution in [2.45, 2.75) is 40.2 Å². The van der Waals surface area contributed by atoms with E-state index in [9.17, 15) is 9.90 Å². The maximum atomic E-state index is 11.8. The standard InChI is InChI=1S/C35H34N4O2/c1-22(2)13-18-32-37-33-23(3)19-26(34-36-29-11-7-8-12-30(29)38(34)4)20-31(33)39(32)21-24-14-16-25(17-15-24)27-9-5-6-10-28(27)35(40)41/h5-12,14-17,19-20,22H,13,18,21H2,1-4H3,(H,40,41). The molecular formula is C35H34N4O2. The Bertz CT molecular complexity index is 1890. The molecule has 0 saturated carbocycles. The number of carbonyl (C=O) groups is 1. The monoisotopic (exact) mass is 542 g/mol. The van der Waals surface area contributed by atoms with Crippen molar-refractivity contribution in [2.24, 2.45) is 13.0 Å². The lowest BCUT2D eigenvalue weighted by atomic mass is 9.98. The van der Waals surface area contributed by atoms with Gasteiger partial charge in [0.05, 0.1) is 27.6 Å². The summed E-state index contributed by atoms with van der Waals surface area (Å²) in [6.07, 6.45) is 1.96. The average molecular weight is 543 g/mol. The topological polar surface area (TPSA) is 72.9 Å². The van der Waals surface area contributed by atoms with Crippen LogP contribution in [0.5, 0.6) is 0 Å². The van der Waals surface area contributed by atoms with Crippen molar-refractivity contribution in [1.29, 1.82) is 0 Å². The highest BCUT2D eigenvalue weighted by molar-refractivity contribution is 5.96. The normalized spacial score (nSPS) is 11.6. The number of aryl methyl sites for hydroxylation is 3. The molecule has 4 aromatic carbocycles. The quantitative estimate of drug-likeness (QED) is 0.212. The number of hydrogen-bond donors (Lipinski definition) is 1. The van der Waals surface area contributed by atoms with Gasteiger partial charge in [0.1, 0.15) is 11.6 Å². The molecule has 6 nitrogen and oxygen atoms in total. The van der Waals surface area contributed by atoms with Crippen LogP contribution in [-0.2, 0) is 20.0 Å². The first-order chi connectivity index (χ1) is 19.8. The molecular weight excluding hydrogens is 508 g/mol. The highest BCUT2D eigenvalue weighted by Crippen LogP contribution is 2.31. The summed E-state index contributed by atoms with van der Waals surface area (Å²) < 4.78 is 4.50. The fourth-order valence-corrected chi connectivity index (χ4v) is 5.65. The van der Waals surface area contributed by atoms with Gasteiger partial charge in [-0.3, -0.25) is 0 Å². The first kappa shape index (κ1) is 26.5. The lowest BCUT2D eigenvalue weighted by Crippen LogP contribution is -2.07. The summed E-state index contributed by atoms with van der Waals surface area (Å²) in [4.78, 5) is 21.9. The minimum atomic E-state index is -0.920. The summed E-state index contributed by atoms with van der Waals surface area (Å²) in [5.41, 5.74) is 9.49. The van der Waals surface area contributed by atoms with Crippen molar-refractivity contribution >= 4 is 28.0 Å². The smallest absolute Gasteiger partial charge is 0.336 e. The molecule has 1 N–H and O–H groups in total. The second-order valence-corrected chi connectivity index (χ2v) is 11.2. The van der Waals surface area contributed by atoms with Gasteiger partial charge in [-0.05, 0) is 71.8 Å². The van der Waals surface area contributed by atoms with Crippen molar-refractivity contribution in [3.05, 3.63) is 107 Å². The molecule has 0 aliphatic carbocycles. The molecule has 6 aromatic rings. The fourth-order valence-electron chi connectivity index (χ4n) is 5.65. The zero-order valence-corrected chi connectivity index (χ0v) is 23.9. The Morgan fingerprint density at radius 3 is 2.34 bits per heavy atom. The van der Waals surface area contributed by atoms with E-state index in [1.54, 1.807) is 12.1 Å². The van der Waals surface area contributed by atoms with Crippen molar-refractivity contribution in [2.75, 3.05) is 0 Å². The van der Waals surface area contributed by atoms with E-state index in [1.165, 1.54) is 0 Å². The molecule has 0 aliphatic heterocycles. The van der Waals surface area contributed by atoms with Crippen LogP contribution in [-0.4, -0.2) is 30.2 Å². The van der Waals surface area contributed by atoms with Gasteiger partial charge in [-0.2, -0.15) is 0 Å². The maximum Gasteiger partial charge on any atom is 0.336 e. The predicted molar refractivity (Wildman–Crippen MR) is 165 cm³/mol. The third-order valence-corrected chi connectivity index (χ3v) is 7.88. The SMILES string of the molecule is Cc1cc(-c2nc3ccccc3n2C)cc2c1nc(CCC(C)C)n2Cc1ccc(-c2ccccc2C(=O)O)cc1. The summed E-state index contributed by atoms with van der Waals surface area (Å²) in [5, 5.41) is 9.64. The third-order valence-electron chi connectivity index (χ3n) is 7.88. The zero-order chi connectivity index (χ0) is 28.7. The van der Waals surface area contributed by atoms with Crippen molar-refractivity contribution in [3.63, 3.8) is 0 Å². The molecule has 0 unspecified atom stereocenters. The molecule has 0 atom stereocenters. The van der Waals surface area contributed by atoms with E-state index in [1.807, 2.05) is 36.4 Å². The van der Waals surface area contributed by atoms with Crippen LogP contribution >= 0.6 is 0 Å². The number of carboxylic acid groups (broad SMARTS) is 1. The molecule has 0 aliphatic rings. The zero-order valence-electron chi connectivity index (χ0n) is 23.9. The number of benzene rings is 4. The van der Waals surface area contributed by atoms with Crippen LogP contribution in [0.15, 0.2) is 84.9 Å². The number of rotatable bonds is 8. The van der Waals surface area contributed by atoms with E-state index in [0.717, 1.165) is 74.4 Å². The van der Waals surface area contributed by atoms with Gasteiger partial charge < -0.3 is 14.2 Å². The highest BCUT2D eigenvalue weighted by Gasteiger charge is 2.18. The Balaban J connectivity index is 1.43. The summed E-state index contributed by atoms with van der Waals surface area (Å²) in [6.45, 7) is 7.30. The molecule has 0 spiro atoms. The minimum absolute atomic E-state index is 0.307. The summed E-state index contributed by atoms with van der Waals surface area (Å²) >= 11 is 0. The van der Waals surface area contributed by atoms with E-state index in [0.29, 0.717) is 18.0 Å². The van der Waals surface area contributed by atoms with Crippen LogP contribution in [0.25, 0.3) is 44.6 Å². The van der Waals surface area contributed by atoms with E-state index in [-0.39, 0.29) is 0 Å². The molecule has 0 amide bonds. The van der Waals surface area contributed by atoms with Crippen molar-refractivity contribution in [3.8, 4) is 22.5 Å². The van der Waals surface area contributed by atoms with Crippen LogP contribution < -0.4 is 0 Å². The number of aromatic nitrogens is 4. The average Bonchev–Trinajstić information content (AvgIpc) is 3.50. The molecule has 41 heavy (non-hydrogen) atoms. The molecule has 0 bridgehead atoms. The molecule has 6 heteroatoms. The van der Waals surface area contributed by atoms with E-state index in [4.69, 9.17) is 9.97 Å². The van der Waals surface area contributed by atoms with Gasteiger partial charge in [0.15, 0.2) is 0 Å². The number of carboxylic acids is 1. The number of imidazole rings is 2. The van der Waals surface area contributed by atoms with Crippen molar-refractivity contribution < 1.29 is 9.90 Å². The Morgan fingerprint density at radius 2 is 1.61 bits per heavy atom. The molecule has 0 saturated heterocycles. The number of aromatic carboxylic acids is 1. The molecule has 0 fully saturated rings. The Morgan fingerprint density at radius 1 is 0.878 bits per heavy atom. The van der Waals surface area contributed by atoms with Crippen LogP contribution in [0.3, 0.4) is 0 Å². The lowest BCUT2D eigenvalue weighted by molar-refractivity contribution is 0.0697. The summed E-state index contributed by atoms with van der Waals surface area (Å²) in [6, 6.07) is 28.0. The van der Waals surface area contributed by atoms with Gasteiger partial charge in [0, 0.05) is 25.6 Å². The van der Waals surface area contributed by atoms with Gasteiger partial charge >= 0.3 is 5.97 Å². The van der Waals surface area contributed by atoms with Gasteiger partial charge in [0.2, 0.25) is 0 Å². The molecule has 2 aromatic heterocycles. The highest BCUT2D eigenvalue weighted by atomic mass is 16.4. The maximum absolute atomic E-state index is 11.8. The molecule has 206 valence electrons. The Hall–Kier alpha value is -4.71. The first-order valence-corrected chi connectivity index (χ1v) is 14.1. The van der Waals surface area contributed by atoms with Crippen LogP contribution in [0.2, 0.25) is 0 Å². The Labute approximate surface area is 239 Å².